The Morgan fingerprint density at radius 2 is 1.60 bits per heavy atom. The quantitative estimate of drug-likeness (QED) is 0.184. The molecular formula is C25H44FNO3. The van der Waals surface area contributed by atoms with Crippen LogP contribution in [0.25, 0.3) is 0 Å². The first kappa shape index (κ1) is 26.7. The van der Waals surface area contributed by atoms with Gasteiger partial charge >= 0.3 is 5.97 Å². The summed E-state index contributed by atoms with van der Waals surface area (Å²) >= 11 is 0. The van der Waals surface area contributed by atoms with Gasteiger partial charge in [-0.3, -0.25) is 0 Å². The number of unbranched alkanes of at least 4 members (excludes halogenated alkanes) is 11. The van der Waals surface area contributed by atoms with Gasteiger partial charge in [0.15, 0.2) is 0 Å². The molecule has 0 amide bonds. The Morgan fingerprint density at radius 1 is 0.967 bits per heavy atom. The Hall–Kier alpha value is -1.36. The van der Waals surface area contributed by atoms with Crippen molar-refractivity contribution < 1.29 is 19.0 Å². The zero-order valence-electron chi connectivity index (χ0n) is 19.1. The average molecular weight is 426 g/mol. The molecule has 0 bridgehead atoms. The van der Waals surface area contributed by atoms with Crippen molar-refractivity contribution in [3.8, 4) is 0 Å². The van der Waals surface area contributed by atoms with E-state index < -0.39 is 6.17 Å². The third kappa shape index (κ3) is 13.0. The van der Waals surface area contributed by atoms with Crippen LogP contribution in [0.3, 0.4) is 0 Å². The van der Waals surface area contributed by atoms with Gasteiger partial charge in [0.1, 0.15) is 11.9 Å². The molecule has 4 nitrogen and oxygen atoms in total. The summed E-state index contributed by atoms with van der Waals surface area (Å²) in [5.74, 6) is -0.325. The van der Waals surface area contributed by atoms with Crippen LogP contribution in [0.1, 0.15) is 114 Å². The molecule has 0 saturated carbocycles. The van der Waals surface area contributed by atoms with E-state index in [0.29, 0.717) is 31.7 Å². The van der Waals surface area contributed by atoms with Gasteiger partial charge < -0.3 is 14.4 Å². The minimum absolute atomic E-state index is 0.241. The van der Waals surface area contributed by atoms with Crippen molar-refractivity contribution in [3.63, 3.8) is 0 Å². The maximum absolute atomic E-state index is 14.2. The third-order valence-electron chi connectivity index (χ3n) is 5.63. The second-order valence-corrected chi connectivity index (χ2v) is 8.36. The van der Waals surface area contributed by atoms with Crippen molar-refractivity contribution in [2.75, 3.05) is 13.2 Å². The molecule has 0 fully saturated rings. The average Bonchev–Trinajstić information content (AvgIpc) is 3.22. The van der Waals surface area contributed by atoms with Gasteiger partial charge in [-0.1, -0.05) is 77.6 Å². The molecule has 1 aromatic rings. The normalized spacial score (nSPS) is 12.2. The fourth-order valence-corrected chi connectivity index (χ4v) is 3.70. The molecule has 0 aromatic carbocycles. The molecule has 1 rings (SSSR count). The van der Waals surface area contributed by atoms with Crippen molar-refractivity contribution in [2.45, 2.75) is 116 Å². The van der Waals surface area contributed by atoms with Crippen LogP contribution in [0, 0.1) is 0 Å². The number of hydrogen-bond donors (Lipinski definition) is 1. The lowest BCUT2D eigenvalue weighted by Gasteiger charge is -2.12. The van der Waals surface area contributed by atoms with E-state index in [-0.39, 0.29) is 12.6 Å². The van der Waals surface area contributed by atoms with E-state index in [0.717, 1.165) is 44.9 Å². The van der Waals surface area contributed by atoms with E-state index >= 15 is 0 Å². The van der Waals surface area contributed by atoms with Gasteiger partial charge in [0.2, 0.25) is 0 Å². The summed E-state index contributed by atoms with van der Waals surface area (Å²) in [5.41, 5.74) is 0.509. The van der Waals surface area contributed by atoms with Gasteiger partial charge in [-0.25, -0.2) is 9.18 Å². The van der Waals surface area contributed by atoms with E-state index in [2.05, 4.69) is 6.92 Å². The molecule has 0 radical (unpaired) electrons. The second kappa shape index (κ2) is 18.4. The minimum atomic E-state index is -0.810. The van der Waals surface area contributed by atoms with Gasteiger partial charge in [-0.15, -0.1) is 0 Å². The Kier molecular flexibility index (Phi) is 16.4. The number of ether oxygens (including phenoxy) is 1. The van der Waals surface area contributed by atoms with E-state index in [1.807, 2.05) is 16.8 Å². The lowest BCUT2D eigenvalue weighted by Crippen LogP contribution is -2.14. The maximum atomic E-state index is 14.2. The molecule has 30 heavy (non-hydrogen) atoms. The summed E-state index contributed by atoms with van der Waals surface area (Å²) in [6, 6.07) is 3.56. The predicted molar refractivity (Wildman–Crippen MR) is 122 cm³/mol. The Labute approximate surface area is 183 Å². The largest absolute Gasteiger partial charge is 0.461 e. The van der Waals surface area contributed by atoms with Crippen LogP contribution in [-0.4, -0.2) is 35.0 Å². The first-order valence-electron chi connectivity index (χ1n) is 12.3. The summed E-state index contributed by atoms with van der Waals surface area (Å²) in [7, 11) is 0. The Bertz CT molecular complexity index is 532. The number of hydrogen-bond acceptors (Lipinski definition) is 3. The number of carbonyl (C=O) groups is 1. The Balaban J connectivity index is 2.14. The number of aryl methyl sites for hydroxylation is 1. The number of alkyl halides is 1. The fourth-order valence-electron chi connectivity index (χ4n) is 3.70. The van der Waals surface area contributed by atoms with Crippen molar-refractivity contribution >= 4 is 5.97 Å². The van der Waals surface area contributed by atoms with Crippen molar-refractivity contribution in [1.82, 2.24) is 4.57 Å². The number of esters is 1. The number of nitrogens with zero attached hydrogens (tertiary/aromatic N) is 1. The summed E-state index contributed by atoms with van der Waals surface area (Å²) in [6.45, 7) is 3.39. The zero-order valence-corrected chi connectivity index (χ0v) is 19.1. The highest BCUT2D eigenvalue weighted by molar-refractivity contribution is 5.87. The van der Waals surface area contributed by atoms with Crippen LogP contribution in [0.5, 0.6) is 0 Å². The summed E-state index contributed by atoms with van der Waals surface area (Å²) in [5, 5.41) is 8.75. The number of rotatable bonds is 20. The standard InChI is InChI=1S/C25H44FNO3/c1-2-3-4-5-6-7-9-12-16-23(26)18-20-27-19-15-17-24(27)25(29)30-22-14-11-8-10-13-21-28/h15,17,19,23,28H,2-14,16,18,20-22H2,1H3. The van der Waals surface area contributed by atoms with Gasteiger partial charge in [0.25, 0.3) is 0 Å². The lowest BCUT2D eigenvalue weighted by molar-refractivity contribution is 0.0484. The molecule has 0 saturated heterocycles. The predicted octanol–water partition coefficient (Wildman–Crippen LogP) is 6.85. The molecule has 5 heteroatoms. The lowest BCUT2D eigenvalue weighted by atomic mass is 10.1. The molecule has 1 aromatic heterocycles. The molecule has 0 aliphatic carbocycles. The van der Waals surface area contributed by atoms with Crippen LogP contribution in [0.2, 0.25) is 0 Å². The smallest absolute Gasteiger partial charge is 0.354 e. The second-order valence-electron chi connectivity index (χ2n) is 8.36. The summed E-state index contributed by atoms with van der Waals surface area (Å²) in [6.07, 6.45) is 16.6. The molecule has 0 aliphatic rings. The van der Waals surface area contributed by atoms with E-state index in [1.165, 1.54) is 38.5 Å². The van der Waals surface area contributed by atoms with Crippen LogP contribution < -0.4 is 0 Å². The highest BCUT2D eigenvalue weighted by atomic mass is 19.1. The first-order chi connectivity index (χ1) is 14.7. The topological polar surface area (TPSA) is 51.5 Å². The minimum Gasteiger partial charge on any atom is -0.461 e. The van der Waals surface area contributed by atoms with Crippen LogP contribution >= 0.6 is 0 Å². The van der Waals surface area contributed by atoms with Gasteiger partial charge in [-0.05, 0) is 37.8 Å². The van der Waals surface area contributed by atoms with E-state index in [1.54, 1.807) is 6.07 Å². The number of aromatic nitrogens is 1. The van der Waals surface area contributed by atoms with Gasteiger partial charge in [-0.2, -0.15) is 0 Å². The van der Waals surface area contributed by atoms with E-state index in [9.17, 15) is 9.18 Å². The maximum Gasteiger partial charge on any atom is 0.354 e. The molecule has 1 atom stereocenters. The van der Waals surface area contributed by atoms with Crippen molar-refractivity contribution in [2.24, 2.45) is 0 Å². The molecule has 174 valence electrons. The third-order valence-corrected chi connectivity index (χ3v) is 5.63. The fraction of sp³-hybridized carbons (Fsp3) is 0.800. The van der Waals surface area contributed by atoms with E-state index in [4.69, 9.17) is 9.84 Å². The van der Waals surface area contributed by atoms with Crippen LogP contribution in [0.15, 0.2) is 18.3 Å². The van der Waals surface area contributed by atoms with Crippen molar-refractivity contribution in [3.05, 3.63) is 24.0 Å². The zero-order chi connectivity index (χ0) is 21.9. The SMILES string of the molecule is CCCCCCCCCCC(F)CCn1cccc1C(=O)OCCCCCCCO. The highest BCUT2D eigenvalue weighted by Gasteiger charge is 2.14. The number of aliphatic hydroxyl groups excluding tert-OH is 1. The molecule has 1 unspecified atom stereocenters. The number of halogens is 1. The van der Waals surface area contributed by atoms with Crippen LogP contribution in [-0.2, 0) is 11.3 Å². The molecule has 1 N–H and O–H groups in total. The molecular weight excluding hydrogens is 381 g/mol. The number of carbonyl (C=O) groups excluding carboxylic acids is 1. The monoisotopic (exact) mass is 425 g/mol. The van der Waals surface area contributed by atoms with Crippen LogP contribution in [0.4, 0.5) is 4.39 Å². The first-order valence-corrected chi connectivity index (χ1v) is 12.3. The Morgan fingerprint density at radius 3 is 2.30 bits per heavy atom. The summed E-state index contributed by atoms with van der Waals surface area (Å²) < 4.78 is 21.4. The molecule has 0 spiro atoms. The van der Waals surface area contributed by atoms with Crippen molar-refractivity contribution in [1.29, 1.82) is 0 Å². The molecule has 1 heterocycles. The number of aliphatic hydroxyl groups is 1. The van der Waals surface area contributed by atoms with Gasteiger partial charge in [0.05, 0.1) is 6.61 Å². The molecule has 0 aliphatic heterocycles. The summed E-state index contributed by atoms with van der Waals surface area (Å²) in [4.78, 5) is 12.3. The van der Waals surface area contributed by atoms with Gasteiger partial charge in [0, 0.05) is 19.3 Å². The highest BCUT2D eigenvalue weighted by Crippen LogP contribution is 2.15.